The van der Waals surface area contributed by atoms with Gasteiger partial charge < -0.3 is 20.1 Å². The van der Waals surface area contributed by atoms with Gasteiger partial charge in [-0.1, -0.05) is 57.9 Å². The number of esters is 1. The Bertz CT molecular complexity index is 1570. The second-order valence-corrected chi connectivity index (χ2v) is 10.1. The van der Waals surface area contributed by atoms with E-state index in [2.05, 4.69) is 21.2 Å². The molecule has 0 radical (unpaired) electrons. The van der Waals surface area contributed by atoms with Crippen molar-refractivity contribution in [3.63, 3.8) is 0 Å². The number of Topliss-reactive ketones (excluding diaryl/α,β-unsaturated/α-hetero) is 2. The number of fused-ring (bicyclic) bond motifs is 2. The van der Waals surface area contributed by atoms with E-state index in [1.807, 2.05) is 0 Å². The molecule has 184 valence electrons. The Labute approximate surface area is 225 Å². The minimum Gasteiger partial charge on any atom is -0.422 e. The second kappa shape index (κ2) is 8.69. The number of carbonyl (C=O) groups excluding carboxylic acids is 3. The molecule has 0 aromatic heterocycles. The Balaban J connectivity index is 1.66. The van der Waals surface area contributed by atoms with Gasteiger partial charge in [0.2, 0.25) is 5.78 Å². The van der Waals surface area contributed by atoms with Crippen LogP contribution in [-0.2, 0) is 10.5 Å². The van der Waals surface area contributed by atoms with Crippen LogP contribution in [0.5, 0.6) is 5.75 Å². The molecule has 37 heavy (non-hydrogen) atoms. The molecule has 3 heterocycles. The standard InChI is InChI=1S/C28H18BrClN2O5/c29-17-8-6-15(7-9-17)24(33)21-23(22-25(34)19-14-18(30)10-11-20(19)37-27(22)35)28(36,16-4-2-1-3-5-16)32-13-12-31-26(21)32/h1-11,14,31,36H,12-13H2/b23-22+. The highest BCUT2D eigenvalue weighted by atomic mass is 79.9. The van der Waals surface area contributed by atoms with Crippen molar-refractivity contribution >= 4 is 45.1 Å². The Hall–Kier alpha value is -3.72. The van der Waals surface area contributed by atoms with Crippen molar-refractivity contribution in [1.82, 2.24) is 10.2 Å². The summed E-state index contributed by atoms with van der Waals surface area (Å²) >= 11 is 9.52. The van der Waals surface area contributed by atoms with E-state index < -0.39 is 28.8 Å². The molecule has 1 saturated heterocycles. The molecule has 9 heteroatoms. The Kier molecular flexibility index (Phi) is 5.56. The van der Waals surface area contributed by atoms with Crippen LogP contribution in [0.25, 0.3) is 0 Å². The van der Waals surface area contributed by atoms with Crippen LogP contribution >= 0.6 is 27.5 Å². The van der Waals surface area contributed by atoms with Crippen molar-refractivity contribution in [2.45, 2.75) is 5.72 Å². The molecule has 1 atom stereocenters. The van der Waals surface area contributed by atoms with Crippen LogP contribution in [0.15, 0.2) is 99.8 Å². The highest BCUT2D eigenvalue weighted by Crippen LogP contribution is 2.51. The summed E-state index contributed by atoms with van der Waals surface area (Å²) < 4.78 is 6.30. The molecular formula is C28H18BrClN2O5. The zero-order valence-electron chi connectivity index (χ0n) is 19.1. The van der Waals surface area contributed by atoms with Crippen LogP contribution in [0, 0.1) is 0 Å². The van der Waals surface area contributed by atoms with Gasteiger partial charge in [-0.25, -0.2) is 4.79 Å². The van der Waals surface area contributed by atoms with E-state index in [1.54, 1.807) is 59.5 Å². The third-order valence-electron chi connectivity index (χ3n) is 6.70. The SMILES string of the molecule is O=C1Oc2ccc(Cl)cc2C(=O)/C1=C1/C(C(=O)c2ccc(Br)cc2)=C2NCCN2C1(O)c1ccccc1. The molecule has 3 aromatic rings. The highest BCUT2D eigenvalue weighted by molar-refractivity contribution is 9.10. The molecule has 6 rings (SSSR count). The number of nitrogens with zero attached hydrogens (tertiary/aromatic N) is 1. The van der Waals surface area contributed by atoms with Crippen LogP contribution in [-0.4, -0.2) is 40.6 Å². The highest BCUT2D eigenvalue weighted by Gasteiger charge is 2.56. The minimum absolute atomic E-state index is 0.0388. The molecule has 1 fully saturated rings. The molecule has 0 saturated carbocycles. The summed E-state index contributed by atoms with van der Waals surface area (Å²) in [6, 6.07) is 19.7. The van der Waals surface area contributed by atoms with Gasteiger partial charge in [0.25, 0.3) is 0 Å². The van der Waals surface area contributed by atoms with E-state index >= 15 is 0 Å². The van der Waals surface area contributed by atoms with Crippen molar-refractivity contribution in [1.29, 1.82) is 0 Å². The Morgan fingerprint density at radius 3 is 2.51 bits per heavy atom. The van der Waals surface area contributed by atoms with E-state index in [-0.39, 0.29) is 27.5 Å². The van der Waals surface area contributed by atoms with Gasteiger partial charge in [-0.15, -0.1) is 0 Å². The minimum atomic E-state index is -1.99. The number of hydrogen-bond donors (Lipinski definition) is 2. The van der Waals surface area contributed by atoms with E-state index in [0.717, 1.165) is 4.47 Å². The quantitative estimate of drug-likeness (QED) is 0.157. The molecule has 0 aliphatic carbocycles. The maximum absolute atomic E-state index is 14.0. The van der Waals surface area contributed by atoms with Crippen LogP contribution < -0.4 is 10.1 Å². The number of carbonyl (C=O) groups is 3. The molecule has 0 amide bonds. The van der Waals surface area contributed by atoms with E-state index in [1.165, 1.54) is 18.2 Å². The maximum atomic E-state index is 14.0. The largest absolute Gasteiger partial charge is 0.422 e. The first-order chi connectivity index (χ1) is 17.8. The number of halogens is 2. The van der Waals surface area contributed by atoms with Crippen molar-refractivity contribution in [3.05, 3.63) is 122 Å². The van der Waals surface area contributed by atoms with Crippen LogP contribution in [0.1, 0.15) is 26.3 Å². The summed E-state index contributed by atoms with van der Waals surface area (Å²) in [6.07, 6.45) is 0. The van der Waals surface area contributed by atoms with Crippen molar-refractivity contribution in [2.75, 3.05) is 13.1 Å². The first kappa shape index (κ1) is 23.7. The molecular weight excluding hydrogens is 560 g/mol. The predicted molar refractivity (Wildman–Crippen MR) is 139 cm³/mol. The fraction of sp³-hybridized carbons (Fsp3) is 0.107. The second-order valence-electron chi connectivity index (χ2n) is 8.79. The van der Waals surface area contributed by atoms with Crippen LogP contribution in [0.2, 0.25) is 5.02 Å². The number of rotatable bonds is 3. The lowest BCUT2D eigenvalue weighted by Gasteiger charge is -2.36. The number of ketones is 2. The summed E-state index contributed by atoms with van der Waals surface area (Å²) in [5.74, 6) is -1.67. The summed E-state index contributed by atoms with van der Waals surface area (Å²) in [7, 11) is 0. The third-order valence-corrected chi connectivity index (χ3v) is 7.47. The van der Waals surface area contributed by atoms with Gasteiger partial charge >= 0.3 is 5.97 Å². The average molecular weight is 578 g/mol. The lowest BCUT2D eigenvalue weighted by Crippen LogP contribution is -2.44. The van der Waals surface area contributed by atoms with Crippen molar-refractivity contribution < 1.29 is 24.2 Å². The van der Waals surface area contributed by atoms with Gasteiger partial charge in [0.1, 0.15) is 17.1 Å². The summed E-state index contributed by atoms with van der Waals surface area (Å²) in [5.41, 5.74) is -1.67. The summed E-state index contributed by atoms with van der Waals surface area (Å²) in [4.78, 5) is 42.9. The molecule has 3 aromatic carbocycles. The van der Waals surface area contributed by atoms with Crippen molar-refractivity contribution in [3.8, 4) is 5.75 Å². The normalized spacial score (nSPS) is 22.5. The lowest BCUT2D eigenvalue weighted by molar-refractivity contribution is -0.130. The van der Waals surface area contributed by atoms with Crippen LogP contribution in [0.4, 0.5) is 0 Å². The molecule has 0 bridgehead atoms. The first-order valence-corrected chi connectivity index (χ1v) is 12.6. The fourth-order valence-corrected chi connectivity index (χ4v) is 5.50. The smallest absolute Gasteiger partial charge is 0.348 e. The fourth-order valence-electron chi connectivity index (χ4n) is 5.07. The van der Waals surface area contributed by atoms with Crippen molar-refractivity contribution in [2.24, 2.45) is 0 Å². The lowest BCUT2D eigenvalue weighted by atomic mass is 9.82. The molecule has 2 N–H and O–H groups in total. The maximum Gasteiger partial charge on any atom is 0.348 e. The summed E-state index contributed by atoms with van der Waals surface area (Å²) in [5, 5.41) is 15.9. The van der Waals surface area contributed by atoms with E-state index in [9.17, 15) is 19.5 Å². The molecule has 3 aliphatic heterocycles. The van der Waals surface area contributed by atoms with E-state index in [0.29, 0.717) is 30.0 Å². The number of benzene rings is 3. The molecule has 7 nitrogen and oxygen atoms in total. The summed E-state index contributed by atoms with van der Waals surface area (Å²) in [6.45, 7) is 0.793. The first-order valence-electron chi connectivity index (χ1n) is 11.5. The number of hydrogen-bond acceptors (Lipinski definition) is 7. The third kappa shape index (κ3) is 3.55. The Morgan fingerprint density at radius 1 is 1.05 bits per heavy atom. The zero-order chi connectivity index (χ0) is 25.9. The number of aliphatic hydroxyl groups is 1. The number of nitrogens with one attached hydrogen (secondary N) is 1. The van der Waals surface area contributed by atoms with Crippen LogP contribution in [0.3, 0.4) is 0 Å². The molecule has 0 spiro atoms. The van der Waals surface area contributed by atoms with Gasteiger partial charge in [-0.2, -0.15) is 0 Å². The number of ether oxygens (including phenoxy) is 1. The monoisotopic (exact) mass is 576 g/mol. The van der Waals surface area contributed by atoms with Gasteiger partial charge in [0, 0.05) is 39.3 Å². The average Bonchev–Trinajstić information content (AvgIpc) is 3.47. The van der Waals surface area contributed by atoms with Gasteiger partial charge in [-0.3, -0.25) is 9.59 Å². The van der Waals surface area contributed by atoms with Gasteiger partial charge in [-0.05, 0) is 42.5 Å². The van der Waals surface area contributed by atoms with Gasteiger partial charge in [0.05, 0.1) is 11.1 Å². The predicted octanol–water partition coefficient (Wildman–Crippen LogP) is 4.36. The molecule has 3 aliphatic rings. The zero-order valence-corrected chi connectivity index (χ0v) is 21.5. The van der Waals surface area contributed by atoms with E-state index in [4.69, 9.17) is 16.3 Å². The molecule has 1 unspecified atom stereocenters. The topological polar surface area (TPSA) is 95.9 Å². The Morgan fingerprint density at radius 2 is 1.78 bits per heavy atom. The van der Waals surface area contributed by atoms with Gasteiger partial charge in [0.15, 0.2) is 11.5 Å².